The molecule has 0 saturated carbocycles. The van der Waals surface area contributed by atoms with Crippen molar-refractivity contribution < 1.29 is 4.79 Å². The molecule has 0 aliphatic heterocycles. The standard InChI is InChI=1S/C16H15NOS/c1-19-10-16(18)17-13-6-7-15-12(9-13)8-11-4-2-3-5-14(11)15/h2-7,9H,8,10H2,1H3,(H,17,18). The molecule has 0 aromatic heterocycles. The number of hydrogen-bond donors (Lipinski definition) is 1. The van der Waals surface area contributed by atoms with Crippen LogP contribution in [0.1, 0.15) is 11.1 Å². The van der Waals surface area contributed by atoms with Crippen molar-refractivity contribution in [2.75, 3.05) is 17.3 Å². The van der Waals surface area contributed by atoms with Gasteiger partial charge in [0.15, 0.2) is 0 Å². The average Bonchev–Trinajstić information content (AvgIpc) is 2.76. The summed E-state index contributed by atoms with van der Waals surface area (Å²) in [7, 11) is 0. The molecular weight excluding hydrogens is 254 g/mol. The molecule has 0 atom stereocenters. The molecule has 3 rings (SSSR count). The van der Waals surface area contributed by atoms with Gasteiger partial charge in [-0.05, 0) is 47.1 Å². The predicted molar refractivity (Wildman–Crippen MR) is 81.7 cm³/mol. The maximum atomic E-state index is 11.6. The number of hydrogen-bond acceptors (Lipinski definition) is 2. The number of fused-ring (bicyclic) bond motifs is 3. The summed E-state index contributed by atoms with van der Waals surface area (Å²) >= 11 is 1.53. The van der Waals surface area contributed by atoms with Gasteiger partial charge in [-0.15, -0.1) is 0 Å². The number of carbonyl (C=O) groups is 1. The summed E-state index contributed by atoms with van der Waals surface area (Å²) in [6, 6.07) is 14.7. The Morgan fingerprint density at radius 1 is 1.16 bits per heavy atom. The number of rotatable bonds is 3. The maximum absolute atomic E-state index is 11.6. The molecule has 0 heterocycles. The summed E-state index contributed by atoms with van der Waals surface area (Å²) < 4.78 is 0. The van der Waals surface area contributed by atoms with Crippen LogP contribution in [0.15, 0.2) is 42.5 Å². The molecule has 2 nitrogen and oxygen atoms in total. The van der Waals surface area contributed by atoms with Gasteiger partial charge in [0.25, 0.3) is 0 Å². The van der Waals surface area contributed by atoms with Crippen LogP contribution in [0.2, 0.25) is 0 Å². The first-order chi connectivity index (χ1) is 9.28. The molecule has 0 bridgehead atoms. The number of nitrogens with one attached hydrogen (secondary N) is 1. The van der Waals surface area contributed by atoms with Crippen molar-refractivity contribution in [2.45, 2.75) is 6.42 Å². The molecule has 1 aliphatic carbocycles. The van der Waals surface area contributed by atoms with E-state index in [1.54, 1.807) is 0 Å². The fraction of sp³-hybridized carbons (Fsp3) is 0.188. The van der Waals surface area contributed by atoms with E-state index in [4.69, 9.17) is 0 Å². The maximum Gasteiger partial charge on any atom is 0.234 e. The second-order valence-corrected chi connectivity index (χ2v) is 5.55. The van der Waals surface area contributed by atoms with Crippen molar-refractivity contribution in [2.24, 2.45) is 0 Å². The Hall–Kier alpha value is -1.74. The van der Waals surface area contributed by atoms with Crippen LogP contribution < -0.4 is 5.32 Å². The van der Waals surface area contributed by atoms with Gasteiger partial charge in [0.1, 0.15) is 0 Å². The summed E-state index contributed by atoms with van der Waals surface area (Å²) in [5, 5.41) is 2.94. The van der Waals surface area contributed by atoms with E-state index in [2.05, 4.69) is 41.7 Å². The highest BCUT2D eigenvalue weighted by Gasteiger charge is 2.17. The molecule has 1 aliphatic rings. The van der Waals surface area contributed by atoms with Crippen LogP contribution in [-0.2, 0) is 11.2 Å². The molecule has 0 saturated heterocycles. The van der Waals surface area contributed by atoms with Gasteiger partial charge in [-0.2, -0.15) is 11.8 Å². The highest BCUT2D eigenvalue weighted by molar-refractivity contribution is 7.99. The molecule has 2 aromatic rings. The van der Waals surface area contributed by atoms with E-state index in [0.717, 1.165) is 12.1 Å². The molecular formula is C16H15NOS. The molecule has 1 N–H and O–H groups in total. The van der Waals surface area contributed by atoms with Gasteiger partial charge in [0.2, 0.25) is 5.91 Å². The lowest BCUT2D eigenvalue weighted by Gasteiger charge is -2.07. The van der Waals surface area contributed by atoms with Gasteiger partial charge in [-0.25, -0.2) is 0 Å². The van der Waals surface area contributed by atoms with Crippen LogP contribution in [0.4, 0.5) is 5.69 Å². The number of amides is 1. The predicted octanol–water partition coefficient (Wildman–Crippen LogP) is 3.56. The van der Waals surface area contributed by atoms with E-state index in [0.29, 0.717) is 5.75 Å². The first kappa shape index (κ1) is 12.3. The minimum absolute atomic E-state index is 0.0583. The van der Waals surface area contributed by atoms with Crippen molar-refractivity contribution in [3.63, 3.8) is 0 Å². The lowest BCUT2D eigenvalue weighted by atomic mass is 10.1. The van der Waals surface area contributed by atoms with Crippen molar-refractivity contribution >= 4 is 23.4 Å². The fourth-order valence-corrected chi connectivity index (χ4v) is 2.89. The molecule has 0 fully saturated rings. The van der Waals surface area contributed by atoms with Gasteiger partial charge < -0.3 is 5.32 Å². The van der Waals surface area contributed by atoms with Crippen LogP contribution in [0.5, 0.6) is 0 Å². The van der Waals surface area contributed by atoms with Crippen LogP contribution in [0.25, 0.3) is 11.1 Å². The third-order valence-corrected chi connectivity index (χ3v) is 3.90. The third kappa shape index (κ3) is 2.38. The molecule has 96 valence electrons. The summed E-state index contributed by atoms with van der Waals surface area (Å²) in [6.45, 7) is 0. The van der Waals surface area contributed by atoms with E-state index in [1.807, 2.05) is 12.3 Å². The number of anilines is 1. The Kier molecular flexibility index (Phi) is 3.30. The third-order valence-electron chi connectivity index (χ3n) is 3.35. The number of benzene rings is 2. The minimum atomic E-state index is 0.0583. The van der Waals surface area contributed by atoms with Crippen LogP contribution in [0.3, 0.4) is 0 Å². The van der Waals surface area contributed by atoms with Gasteiger partial charge in [0.05, 0.1) is 5.75 Å². The Balaban J connectivity index is 1.87. The Labute approximate surface area is 117 Å². The van der Waals surface area contributed by atoms with E-state index in [1.165, 1.54) is 34.0 Å². The zero-order valence-electron chi connectivity index (χ0n) is 10.8. The second kappa shape index (κ2) is 5.10. The quantitative estimate of drug-likeness (QED) is 0.787. The first-order valence-electron chi connectivity index (χ1n) is 6.28. The summed E-state index contributed by atoms with van der Waals surface area (Å²) in [6.07, 6.45) is 2.89. The molecule has 3 heteroatoms. The van der Waals surface area contributed by atoms with Crippen molar-refractivity contribution in [3.8, 4) is 11.1 Å². The largest absolute Gasteiger partial charge is 0.325 e. The van der Waals surface area contributed by atoms with Crippen molar-refractivity contribution in [1.29, 1.82) is 0 Å². The second-order valence-electron chi connectivity index (χ2n) is 4.69. The highest BCUT2D eigenvalue weighted by atomic mass is 32.2. The van der Waals surface area contributed by atoms with Gasteiger partial charge in [-0.1, -0.05) is 30.3 Å². The zero-order valence-corrected chi connectivity index (χ0v) is 11.6. The van der Waals surface area contributed by atoms with E-state index in [-0.39, 0.29) is 5.91 Å². The van der Waals surface area contributed by atoms with E-state index < -0.39 is 0 Å². The Bertz CT molecular complexity index is 636. The average molecular weight is 269 g/mol. The van der Waals surface area contributed by atoms with Crippen molar-refractivity contribution in [1.82, 2.24) is 0 Å². The van der Waals surface area contributed by atoms with Gasteiger partial charge in [-0.3, -0.25) is 4.79 Å². The lowest BCUT2D eigenvalue weighted by Crippen LogP contribution is -2.13. The normalized spacial score (nSPS) is 11.8. The topological polar surface area (TPSA) is 29.1 Å². The van der Waals surface area contributed by atoms with E-state index >= 15 is 0 Å². The lowest BCUT2D eigenvalue weighted by molar-refractivity contribution is -0.113. The molecule has 2 aromatic carbocycles. The monoisotopic (exact) mass is 269 g/mol. The summed E-state index contributed by atoms with van der Waals surface area (Å²) in [4.78, 5) is 11.6. The van der Waals surface area contributed by atoms with Gasteiger partial charge in [0, 0.05) is 5.69 Å². The molecule has 0 spiro atoms. The highest BCUT2D eigenvalue weighted by Crippen LogP contribution is 2.37. The summed E-state index contributed by atoms with van der Waals surface area (Å²) in [5.41, 5.74) is 6.16. The SMILES string of the molecule is CSCC(=O)Nc1ccc2c(c1)Cc1ccccc1-2. The molecule has 1 amide bonds. The van der Waals surface area contributed by atoms with E-state index in [9.17, 15) is 4.79 Å². The van der Waals surface area contributed by atoms with Crippen LogP contribution in [-0.4, -0.2) is 17.9 Å². The van der Waals surface area contributed by atoms with Crippen LogP contribution >= 0.6 is 11.8 Å². The van der Waals surface area contributed by atoms with Gasteiger partial charge >= 0.3 is 0 Å². The number of thioether (sulfide) groups is 1. The Morgan fingerprint density at radius 2 is 1.95 bits per heavy atom. The minimum Gasteiger partial charge on any atom is -0.325 e. The zero-order chi connectivity index (χ0) is 13.2. The summed E-state index contributed by atoms with van der Waals surface area (Å²) in [5.74, 6) is 0.556. The fourth-order valence-electron chi connectivity index (χ4n) is 2.55. The molecule has 0 unspecified atom stereocenters. The van der Waals surface area contributed by atoms with Crippen molar-refractivity contribution in [3.05, 3.63) is 53.6 Å². The smallest absolute Gasteiger partial charge is 0.234 e. The molecule has 19 heavy (non-hydrogen) atoms. The number of carbonyl (C=O) groups excluding carboxylic acids is 1. The van der Waals surface area contributed by atoms with Crippen LogP contribution in [0, 0.1) is 0 Å². The molecule has 0 radical (unpaired) electrons. The Morgan fingerprint density at radius 3 is 2.79 bits per heavy atom. The first-order valence-corrected chi connectivity index (χ1v) is 7.67.